The number of benzene rings is 1. The maximum atomic E-state index is 12.9. The predicted molar refractivity (Wildman–Crippen MR) is 98.8 cm³/mol. The molecule has 0 atom stereocenters. The van der Waals surface area contributed by atoms with E-state index in [2.05, 4.69) is 15.5 Å². The quantitative estimate of drug-likeness (QED) is 0.696. The van der Waals surface area contributed by atoms with Crippen molar-refractivity contribution in [2.75, 3.05) is 6.54 Å². The van der Waals surface area contributed by atoms with E-state index in [4.69, 9.17) is 4.52 Å². The summed E-state index contributed by atoms with van der Waals surface area (Å²) in [5, 5.41) is 6.46. The van der Waals surface area contributed by atoms with Crippen LogP contribution < -0.4 is 5.32 Å². The number of hydrogen-bond donors (Lipinski definition) is 1. The zero-order chi connectivity index (χ0) is 19.1. The van der Waals surface area contributed by atoms with E-state index >= 15 is 0 Å². The molecule has 0 fully saturated rings. The highest BCUT2D eigenvalue weighted by atomic mass is 16.5. The second-order valence-electron chi connectivity index (χ2n) is 5.93. The molecule has 2 heterocycles. The van der Waals surface area contributed by atoms with E-state index < -0.39 is 0 Å². The Balaban J connectivity index is 1.81. The zero-order valence-electron chi connectivity index (χ0n) is 15.0. The molecule has 0 aliphatic heterocycles. The Kier molecular flexibility index (Phi) is 5.94. The first-order valence-electron chi connectivity index (χ1n) is 8.64. The van der Waals surface area contributed by atoms with Gasteiger partial charge in [0.05, 0.1) is 12.1 Å². The fraction of sp³-hybridized carbons (Fsp3) is 0.200. The van der Waals surface area contributed by atoms with Gasteiger partial charge in [0.2, 0.25) is 0 Å². The molecule has 0 aliphatic carbocycles. The van der Waals surface area contributed by atoms with E-state index in [1.165, 1.54) is 6.20 Å². The monoisotopic (exact) mass is 364 g/mol. The van der Waals surface area contributed by atoms with Crippen molar-refractivity contribution in [1.82, 2.24) is 20.4 Å². The summed E-state index contributed by atoms with van der Waals surface area (Å²) < 4.78 is 5.27. The number of pyridine rings is 1. The number of amides is 2. The van der Waals surface area contributed by atoms with Gasteiger partial charge in [-0.1, -0.05) is 35.5 Å². The lowest BCUT2D eigenvalue weighted by molar-refractivity contribution is 0.0712. The highest BCUT2D eigenvalue weighted by Crippen LogP contribution is 2.15. The van der Waals surface area contributed by atoms with Gasteiger partial charge in [0, 0.05) is 31.5 Å². The first-order chi connectivity index (χ1) is 13.2. The van der Waals surface area contributed by atoms with Gasteiger partial charge in [0.25, 0.3) is 11.8 Å². The summed E-state index contributed by atoms with van der Waals surface area (Å²) in [5.74, 6) is -0.0481. The molecule has 138 valence electrons. The van der Waals surface area contributed by atoms with E-state index in [0.29, 0.717) is 24.4 Å². The van der Waals surface area contributed by atoms with Gasteiger partial charge in [-0.15, -0.1) is 0 Å². The lowest BCUT2D eigenvalue weighted by Crippen LogP contribution is -2.30. The molecule has 7 heteroatoms. The van der Waals surface area contributed by atoms with E-state index in [0.717, 1.165) is 5.56 Å². The van der Waals surface area contributed by atoms with Crippen LogP contribution in [0.3, 0.4) is 0 Å². The van der Waals surface area contributed by atoms with E-state index in [1.807, 2.05) is 37.3 Å². The van der Waals surface area contributed by atoms with Crippen molar-refractivity contribution in [3.8, 4) is 0 Å². The number of aromatic nitrogens is 2. The Morgan fingerprint density at radius 1 is 1.11 bits per heavy atom. The van der Waals surface area contributed by atoms with Crippen LogP contribution in [-0.2, 0) is 13.1 Å². The van der Waals surface area contributed by atoms with Crippen LogP contribution in [0.1, 0.15) is 39.1 Å². The van der Waals surface area contributed by atoms with Gasteiger partial charge < -0.3 is 14.7 Å². The molecule has 0 radical (unpaired) electrons. The van der Waals surface area contributed by atoms with Crippen molar-refractivity contribution in [2.45, 2.75) is 20.0 Å². The highest BCUT2D eigenvalue weighted by molar-refractivity contribution is 5.94. The second kappa shape index (κ2) is 8.75. The summed E-state index contributed by atoms with van der Waals surface area (Å²) in [6.45, 7) is 2.91. The van der Waals surface area contributed by atoms with Crippen molar-refractivity contribution in [3.63, 3.8) is 0 Å². The molecule has 2 aromatic heterocycles. The Bertz CT molecular complexity index is 894. The molecule has 3 aromatic rings. The Morgan fingerprint density at radius 3 is 2.63 bits per heavy atom. The number of rotatable bonds is 7. The predicted octanol–water partition coefficient (Wildman–Crippen LogP) is 2.66. The van der Waals surface area contributed by atoms with Gasteiger partial charge in [-0.3, -0.25) is 14.6 Å². The third kappa shape index (κ3) is 4.78. The van der Waals surface area contributed by atoms with Crippen LogP contribution in [0.5, 0.6) is 0 Å². The third-order valence-electron chi connectivity index (χ3n) is 3.89. The van der Waals surface area contributed by atoms with Gasteiger partial charge in [-0.2, -0.15) is 0 Å². The summed E-state index contributed by atoms with van der Waals surface area (Å²) in [7, 11) is 0. The normalized spacial score (nSPS) is 10.4. The van der Waals surface area contributed by atoms with E-state index in [-0.39, 0.29) is 24.1 Å². The van der Waals surface area contributed by atoms with Crippen molar-refractivity contribution in [2.24, 2.45) is 0 Å². The summed E-state index contributed by atoms with van der Waals surface area (Å²) >= 11 is 0. The van der Waals surface area contributed by atoms with Crippen LogP contribution in [0.2, 0.25) is 0 Å². The smallest absolute Gasteiger partial charge is 0.273 e. The van der Waals surface area contributed by atoms with Crippen LogP contribution in [0.15, 0.2) is 65.4 Å². The Morgan fingerprint density at radius 2 is 1.93 bits per heavy atom. The summed E-state index contributed by atoms with van der Waals surface area (Å²) in [6, 6.07) is 14.6. The molecule has 7 nitrogen and oxygen atoms in total. The zero-order valence-corrected chi connectivity index (χ0v) is 15.0. The minimum absolute atomic E-state index is 0.178. The first kappa shape index (κ1) is 18.3. The number of hydrogen-bond acceptors (Lipinski definition) is 5. The Hall–Kier alpha value is -3.48. The minimum Gasteiger partial charge on any atom is -0.359 e. The van der Waals surface area contributed by atoms with Gasteiger partial charge in [0.1, 0.15) is 0 Å². The molecule has 1 aromatic carbocycles. The van der Waals surface area contributed by atoms with Crippen LogP contribution in [-0.4, -0.2) is 33.4 Å². The molecule has 27 heavy (non-hydrogen) atoms. The van der Waals surface area contributed by atoms with Crippen molar-refractivity contribution >= 4 is 11.8 Å². The van der Waals surface area contributed by atoms with Crippen LogP contribution >= 0.6 is 0 Å². The average Bonchev–Trinajstić information content (AvgIpc) is 3.17. The topological polar surface area (TPSA) is 88.3 Å². The van der Waals surface area contributed by atoms with Gasteiger partial charge in [0.15, 0.2) is 11.5 Å². The molecule has 2 amide bonds. The average molecular weight is 364 g/mol. The van der Waals surface area contributed by atoms with Crippen molar-refractivity contribution in [3.05, 3.63) is 83.5 Å². The van der Waals surface area contributed by atoms with Crippen LogP contribution in [0.25, 0.3) is 0 Å². The number of nitrogens with zero attached hydrogens (tertiary/aromatic N) is 3. The fourth-order valence-corrected chi connectivity index (χ4v) is 2.61. The molecule has 3 rings (SSSR count). The van der Waals surface area contributed by atoms with E-state index in [1.54, 1.807) is 29.3 Å². The second-order valence-corrected chi connectivity index (χ2v) is 5.93. The minimum atomic E-state index is -0.305. The number of nitrogens with one attached hydrogen (secondary N) is 1. The molecule has 1 N–H and O–H groups in total. The molecule has 0 unspecified atom stereocenters. The third-order valence-corrected chi connectivity index (χ3v) is 3.89. The first-order valence-corrected chi connectivity index (χ1v) is 8.64. The lowest BCUT2D eigenvalue weighted by Gasteiger charge is -2.21. The van der Waals surface area contributed by atoms with Gasteiger partial charge in [-0.25, -0.2) is 0 Å². The lowest BCUT2D eigenvalue weighted by atomic mass is 10.1. The molecule has 0 spiro atoms. The van der Waals surface area contributed by atoms with Gasteiger partial charge in [-0.05, 0) is 24.6 Å². The maximum Gasteiger partial charge on any atom is 0.273 e. The molecular formula is C20H20N4O3. The molecule has 0 bridgehead atoms. The largest absolute Gasteiger partial charge is 0.359 e. The summed E-state index contributed by atoms with van der Waals surface area (Å²) in [5.41, 5.74) is 1.66. The molecule has 0 saturated heterocycles. The SMILES string of the molecule is CCNC(=O)c1cc(CN(Cc2ccccc2)C(=O)c2cccnc2)on1. The molecule has 0 saturated carbocycles. The van der Waals surface area contributed by atoms with Gasteiger partial charge >= 0.3 is 0 Å². The summed E-state index contributed by atoms with van der Waals surface area (Å²) in [6.07, 6.45) is 3.15. The van der Waals surface area contributed by atoms with Crippen molar-refractivity contribution < 1.29 is 14.1 Å². The van der Waals surface area contributed by atoms with Crippen molar-refractivity contribution in [1.29, 1.82) is 0 Å². The Labute approximate surface area is 157 Å². The van der Waals surface area contributed by atoms with Crippen LogP contribution in [0.4, 0.5) is 0 Å². The molecular weight excluding hydrogens is 344 g/mol. The fourth-order valence-electron chi connectivity index (χ4n) is 2.61. The molecule has 0 aliphatic rings. The number of carbonyl (C=O) groups is 2. The van der Waals surface area contributed by atoms with E-state index in [9.17, 15) is 9.59 Å². The number of carbonyl (C=O) groups excluding carboxylic acids is 2. The standard InChI is InChI=1S/C20H20N4O3/c1-2-22-19(25)18-11-17(27-23-18)14-24(13-15-7-4-3-5-8-15)20(26)16-9-6-10-21-12-16/h3-12H,2,13-14H2,1H3,(H,22,25). The van der Waals surface area contributed by atoms with Crippen LogP contribution in [0, 0.1) is 0 Å². The maximum absolute atomic E-state index is 12.9. The highest BCUT2D eigenvalue weighted by Gasteiger charge is 2.20. The summed E-state index contributed by atoms with van der Waals surface area (Å²) in [4.78, 5) is 30.5.